The Balaban J connectivity index is 1.62. The van der Waals surface area contributed by atoms with E-state index in [1.807, 2.05) is 13.8 Å². The van der Waals surface area contributed by atoms with E-state index >= 15 is 0 Å². The number of nitrogens with two attached hydrogens (primary N) is 1. The first-order valence-electron chi connectivity index (χ1n) is 8.65. The van der Waals surface area contributed by atoms with Crippen molar-refractivity contribution in [1.29, 1.82) is 0 Å². The molecule has 28 heavy (non-hydrogen) atoms. The highest BCUT2D eigenvalue weighted by atomic mass is 32.2. The van der Waals surface area contributed by atoms with Crippen LogP contribution in [0.4, 0.5) is 8.78 Å². The van der Waals surface area contributed by atoms with Gasteiger partial charge in [-0.2, -0.15) is 8.78 Å². The Morgan fingerprint density at radius 3 is 2.54 bits per heavy atom. The molecule has 11 heteroatoms. The summed E-state index contributed by atoms with van der Waals surface area (Å²) in [6, 6.07) is 5.91. The highest BCUT2D eigenvalue weighted by Crippen LogP contribution is 2.24. The number of hydrogen-bond acceptors (Lipinski definition) is 7. The first kappa shape index (κ1) is 20.3. The molecule has 152 valence electrons. The number of nitrogens with zero attached hydrogens (tertiary/aromatic N) is 4. The molecule has 0 spiro atoms. The van der Waals surface area contributed by atoms with E-state index in [4.69, 9.17) is 10.6 Å². The Bertz CT molecular complexity index is 808. The van der Waals surface area contributed by atoms with Gasteiger partial charge in [-0.25, -0.2) is 4.68 Å². The molecule has 3 rings (SSSR count). The largest absolute Gasteiger partial charge is 0.435 e. The number of benzene rings is 1. The van der Waals surface area contributed by atoms with Crippen LogP contribution in [0, 0.1) is 0 Å². The monoisotopic (exact) mass is 413 g/mol. The highest BCUT2D eigenvalue weighted by Gasteiger charge is 2.26. The average Bonchev–Trinajstić information content (AvgIpc) is 2.99. The number of carbonyl (C=O) groups excluding carboxylic acids is 1. The molecule has 1 fully saturated rings. The van der Waals surface area contributed by atoms with Gasteiger partial charge in [0.05, 0.1) is 18.0 Å². The predicted molar refractivity (Wildman–Crippen MR) is 99.6 cm³/mol. The first-order chi connectivity index (χ1) is 13.3. The number of amides is 1. The van der Waals surface area contributed by atoms with Crippen LogP contribution in [0.5, 0.6) is 5.75 Å². The standard InChI is InChI=1S/C17H21F2N5O3S/c1-10-7-23(8-11(2)26-10)14(25)9-28-17-22-21-15(24(17)20)12-3-5-13(6-4-12)27-16(18)19/h3-6,10-11,16H,7-9,20H2,1-2H3. The van der Waals surface area contributed by atoms with E-state index in [-0.39, 0.29) is 29.6 Å². The number of carbonyl (C=O) groups is 1. The van der Waals surface area contributed by atoms with Gasteiger partial charge in [0.25, 0.3) is 0 Å². The van der Waals surface area contributed by atoms with Crippen molar-refractivity contribution < 1.29 is 23.0 Å². The van der Waals surface area contributed by atoms with E-state index in [1.165, 1.54) is 28.6 Å². The molecule has 1 aromatic carbocycles. The van der Waals surface area contributed by atoms with Gasteiger partial charge in [-0.3, -0.25) is 4.79 Å². The number of alkyl halides is 2. The van der Waals surface area contributed by atoms with Crippen LogP contribution in [0.2, 0.25) is 0 Å². The Labute approximate surface area is 165 Å². The Morgan fingerprint density at radius 1 is 1.29 bits per heavy atom. The van der Waals surface area contributed by atoms with Crippen molar-refractivity contribution in [3.63, 3.8) is 0 Å². The Morgan fingerprint density at radius 2 is 1.93 bits per heavy atom. The maximum Gasteiger partial charge on any atom is 0.387 e. The third-order valence-corrected chi connectivity index (χ3v) is 5.03. The fraction of sp³-hybridized carbons (Fsp3) is 0.471. The zero-order valence-corrected chi connectivity index (χ0v) is 16.2. The number of rotatable bonds is 6. The van der Waals surface area contributed by atoms with Gasteiger partial charge in [-0.05, 0) is 38.1 Å². The van der Waals surface area contributed by atoms with Gasteiger partial charge >= 0.3 is 6.61 Å². The third-order valence-electron chi connectivity index (χ3n) is 4.10. The summed E-state index contributed by atoms with van der Waals surface area (Å²) in [5.41, 5.74) is 0.589. The molecule has 1 aliphatic heterocycles. The number of morpholine rings is 1. The second kappa shape index (κ2) is 8.74. The molecule has 2 aromatic rings. The first-order valence-corrected chi connectivity index (χ1v) is 9.63. The van der Waals surface area contributed by atoms with Crippen molar-refractivity contribution in [3.05, 3.63) is 24.3 Å². The molecular weight excluding hydrogens is 392 g/mol. The zero-order valence-electron chi connectivity index (χ0n) is 15.4. The minimum atomic E-state index is -2.89. The molecule has 1 saturated heterocycles. The van der Waals surface area contributed by atoms with Gasteiger partial charge in [0.2, 0.25) is 11.1 Å². The molecule has 2 unspecified atom stereocenters. The molecule has 2 heterocycles. The molecule has 1 aliphatic rings. The van der Waals surface area contributed by atoms with E-state index < -0.39 is 6.61 Å². The molecule has 0 bridgehead atoms. The lowest BCUT2D eigenvalue weighted by molar-refractivity contribution is -0.140. The molecule has 2 atom stereocenters. The normalized spacial score (nSPS) is 19.8. The summed E-state index contributed by atoms with van der Waals surface area (Å²) < 4.78 is 35.7. The quantitative estimate of drug-likeness (QED) is 0.572. The Kier molecular flexibility index (Phi) is 6.35. The topological polar surface area (TPSA) is 95.5 Å². The van der Waals surface area contributed by atoms with E-state index in [1.54, 1.807) is 17.0 Å². The van der Waals surface area contributed by atoms with Gasteiger partial charge in [0.15, 0.2) is 5.82 Å². The lowest BCUT2D eigenvalue weighted by atomic mass is 10.2. The van der Waals surface area contributed by atoms with Crippen molar-refractivity contribution in [2.45, 2.75) is 37.8 Å². The summed E-state index contributed by atoms with van der Waals surface area (Å²) in [6.45, 7) is 2.09. The summed E-state index contributed by atoms with van der Waals surface area (Å²) in [6.07, 6.45) is -0.000952. The molecule has 0 aliphatic carbocycles. The molecule has 2 N–H and O–H groups in total. The molecule has 8 nitrogen and oxygen atoms in total. The summed E-state index contributed by atoms with van der Waals surface area (Å²) in [5, 5.41) is 8.42. The summed E-state index contributed by atoms with van der Waals surface area (Å²) in [5.74, 6) is 6.58. The molecule has 0 radical (unpaired) electrons. The average molecular weight is 413 g/mol. The number of halogens is 2. The van der Waals surface area contributed by atoms with Crippen LogP contribution in [0.15, 0.2) is 29.4 Å². The summed E-state index contributed by atoms with van der Waals surface area (Å²) >= 11 is 1.19. The zero-order chi connectivity index (χ0) is 20.3. The van der Waals surface area contributed by atoms with Crippen LogP contribution < -0.4 is 10.6 Å². The molecular formula is C17H21F2N5O3S. The smallest absolute Gasteiger partial charge is 0.387 e. The minimum absolute atomic E-state index is 0.000476. The van der Waals surface area contributed by atoms with Crippen molar-refractivity contribution in [2.75, 3.05) is 24.7 Å². The second-order valence-corrected chi connectivity index (χ2v) is 7.37. The second-order valence-electron chi connectivity index (χ2n) is 6.42. The fourth-order valence-corrected chi connectivity index (χ4v) is 3.72. The number of hydrogen-bond donors (Lipinski definition) is 1. The number of ether oxygens (including phenoxy) is 2. The lowest BCUT2D eigenvalue weighted by Gasteiger charge is -2.35. The lowest BCUT2D eigenvalue weighted by Crippen LogP contribution is -2.48. The van der Waals surface area contributed by atoms with Gasteiger partial charge in [0.1, 0.15) is 5.75 Å². The van der Waals surface area contributed by atoms with E-state index in [9.17, 15) is 13.6 Å². The summed E-state index contributed by atoms with van der Waals surface area (Å²) in [4.78, 5) is 14.2. The van der Waals surface area contributed by atoms with Crippen LogP contribution >= 0.6 is 11.8 Å². The third kappa shape index (κ3) is 4.90. The van der Waals surface area contributed by atoms with Crippen molar-refractivity contribution in [1.82, 2.24) is 19.8 Å². The minimum Gasteiger partial charge on any atom is -0.435 e. The van der Waals surface area contributed by atoms with E-state index in [0.29, 0.717) is 29.6 Å². The van der Waals surface area contributed by atoms with E-state index in [2.05, 4.69) is 14.9 Å². The summed E-state index contributed by atoms with van der Waals surface area (Å²) in [7, 11) is 0. The van der Waals surface area contributed by atoms with Gasteiger partial charge in [-0.15, -0.1) is 10.2 Å². The van der Waals surface area contributed by atoms with E-state index in [0.717, 1.165) is 0 Å². The molecule has 1 amide bonds. The van der Waals surface area contributed by atoms with Crippen LogP contribution in [0.1, 0.15) is 13.8 Å². The molecule has 0 saturated carbocycles. The maximum absolute atomic E-state index is 12.5. The highest BCUT2D eigenvalue weighted by molar-refractivity contribution is 7.99. The number of thioether (sulfide) groups is 1. The van der Waals surface area contributed by atoms with Gasteiger partial charge in [-0.1, -0.05) is 11.8 Å². The van der Waals surface area contributed by atoms with Crippen molar-refractivity contribution in [2.24, 2.45) is 0 Å². The van der Waals surface area contributed by atoms with Gasteiger partial charge < -0.3 is 20.2 Å². The Hall–Kier alpha value is -2.40. The van der Waals surface area contributed by atoms with Gasteiger partial charge in [0, 0.05) is 18.7 Å². The predicted octanol–water partition coefficient (Wildman–Crippen LogP) is 1.99. The van der Waals surface area contributed by atoms with Crippen LogP contribution in [-0.4, -0.2) is 63.3 Å². The van der Waals surface area contributed by atoms with Crippen LogP contribution in [-0.2, 0) is 9.53 Å². The SMILES string of the molecule is CC1CN(C(=O)CSc2nnc(-c3ccc(OC(F)F)cc3)n2N)CC(C)O1. The molecule has 1 aromatic heterocycles. The van der Waals surface area contributed by atoms with Crippen LogP contribution in [0.25, 0.3) is 11.4 Å². The number of aromatic nitrogens is 3. The van der Waals surface area contributed by atoms with Crippen molar-refractivity contribution >= 4 is 17.7 Å². The maximum atomic E-state index is 12.5. The number of nitrogen functional groups attached to an aromatic ring is 1. The van der Waals surface area contributed by atoms with Crippen molar-refractivity contribution in [3.8, 4) is 17.1 Å². The fourth-order valence-electron chi connectivity index (χ4n) is 2.96. The van der Waals surface area contributed by atoms with Crippen LogP contribution in [0.3, 0.4) is 0 Å².